The van der Waals surface area contributed by atoms with Crippen LogP contribution in [0, 0.1) is 13.8 Å². The Kier molecular flexibility index (Phi) is 5.45. The number of ether oxygens (including phenoxy) is 1. The van der Waals surface area contributed by atoms with Gasteiger partial charge in [0.15, 0.2) is 0 Å². The van der Waals surface area contributed by atoms with Gasteiger partial charge in [0, 0.05) is 19.6 Å². The van der Waals surface area contributed by atoms with E-state index in [1.165, 1.54) is 16.7 Å². The molecular formula is C14H24N2O. The van der Waals surface area contributed by atoms with Crippen molar-refractivity contribution in [3.63, 3.8) is 0 Å². The molecule has 0 heterocycles. The molecule has 3 heteroatoms. The molecule has 0 bridgehead atoms. The summed E-state index contributed by atoms with van der Waals surface area (Å²) in [6.45, 7) is 7.21. The van der Waals surface area contributed by atoms with Crippen LogP contribution in [-0.2, 0) is 6.54 Å². The minimum absolute atomic E-state index is 0.921. The van der Waals surface area contributed by atoms with Crippen molar-refractivity contribution in [2.45, 2.75) is 20.4 Å². The number of methoxy groups -OCH3 is 1. The normalized spacial score (nSPS) is 10.9. The average Bonchev–Trinajstić information content (AvgIpc) is 2.28. The van der Waals surface area contributed by atoms with Gasteiger partial charge in [0.05, 0.1) is 7.11 Å². The number of nitrogens with zero attached hydrogens (tertiary/aromatic N) is 1. The van der Waals surface area contributed by atoms with Crippen molar-refractivity contribution in [1.29, 1.82) is 0 Å². The highest BCUT2D eigenvalue weighted by Gasteiger charge is 2.04. The summed E-state index contributed by atoms with van der Waals surface area (Å²) in [7, 11) is 5.89. The fraction of sp³-hybridized carbons (Fsp3) is 0.571. The monoisotopic (exact) mass is 236 g/mol. The van der Waals surface area contributed by atoms with E-state index in [1.54, 1.807) is 7.11 Å². The Balaban J connectivity index is 2.56. The van der Waals surface area contributed by atoms with Crippen LogP contribution >= 0.6 is 0 Å². The fourth-order valence-electron chi connectivity index (χ4n) is 1.79. The van der Waals surface area contributed by atoms with E-state index in [1.807, 2.05) is 0 Å². The zero-order chi connectivity index (χ0) is 12.8. The summed E-state index contributed by atoms with van der Waals surface area (Å²) >= 11 is 0. The van der Waals surface area contributed by atoms with E-state index in [-0.39, 0.29) is 0 Å². The number of rotatable bonds is 6. The molecule has 0 atom stereocenters. The maximum atomic E-state index is 5.31. The van der Waals surface area contributed by atoms with Crippen LogP contribution in [-0.4, -0.2) is 39.2 Å². The lowest BCUT2D eigenvalue weighted by Gasteiger charge is -2.13. The van der Waals surface area contributed by atoms with Crippen LogP contribution in [0.15, 0.2) is 12.1 Å². The van der Waals surface area contributed by atoms with Gasteiger partial charge in [-0.1, -0.05) is 6.07 Å². The molecule has 0 saturated heterocycles. The molecule has 3 nitrogen and oxygen atoms in total. The summed E-state index contributed by atoms with van der Waals surface area (Å²) in [6, 6.07) is 4.31. The number of nitrogens with one attached hydrogen (secondary N) is 1. The Labute approximate surface area is 105 Å². The highest BCUT2D eigenvalue weighted by Crippen LogP contribution is 2.22. The first-order valence-electron chi connectivity index (χ1n) is 6.04. The maximum absolute atomic E-state index is 5.31. The second kappa shape index (κ2) is 6.62. The first-order chi connectivity index (χ1) is 8.04. The third-order valence-electron chi connectivity index (χ3n) is 2.90. The number of benzene rings is 1. The Morgan fingerprint density at radius 3 is 2.47 bits per heavy atom. The van der Waals surface area contributed by atoms with Crippen molar-refractivity contribution in [2.24, 2.45) is 0 Å². The molecule has 1 rings (SSSR count). The standard InChI is InChI=1S/C14H24N2O/c1-11-9-14(17-5)12(2)8-13(11)10-15-6-7-16(3)4/h8-9,15H,6-7,10H2,1-5H3. The summed E-state index contributed by atoms with van der Waals surface area (Å²) in [6.07, 6.45) is 0. The van der Waals surface area contributed by atoms with Gasteiger partial charge in [0.1, 0.15) is 5.75 Å². The summed E-state index contributed by atoms with van der Waals surface area (Å²) in [4.78, 5) is 2.18. The van der Waals surface area contributed by atoms with Crippen LogP contribution in [0.3, 0.4) is 0 Å². The second-order valence-electron chi connectivity index (χ2n) is 4.73. The number of hydrogen-bond donors (Lipinski definition) is 1. The lowest BCUT2D eigenvalue weighted by Crippen LogP contribution is -2.26. The molecule has 0 aliphatic rings. The molecular weight excluding hydrogens is 212 g/mol. The van der Waals surface area contributed by atoms with Crippen molar-refractivity contribution in [3.05, 3.63) is 28.8 Å². The Hall–Kier alpha value is -1.06. The number of hydrogen-bond acceptors (Lipinski definition) is 3. The molecule has 0 radical (unpaired) electrons. The largest absolute Gasteiger partial charge is 0.496 e. The molecule has 0 aliphatic heterocycles. The van der Waals surface area contributed by atoms with Gasteiger partial charge in [-0.3, -0.25) is 0 Å². The predicted molar refractivity (Wildman–Crippen MR) is 72.7 cm³/mol. The van der Waals surface area contributed by atoms with E-state index in [4.69, 9.17) is 4.74 Å². The SMILES string of the molecule is COc1cc(C)c(CNCCN(C)C)cc1C. The van der Waals surface area contributed by atoms with Crippen molar-refractivity contribution in [3.8, 4) is 5.75 Å². The second-order valence-corrected chi connectivity index (χ2v) is 4.73. The van der Waals surface area contributed by atoms with E-state index in [2.05, 4.69) is 50.3 Å². The fourth-order valence-corrected chi connectivity index (χ4v) is 1.79. The topological polar surface area (TPSA) is 24.5 Å². The first kappa shape index (κ1) is 14.0. The van der Waals surface area contributed by atoms with Crippen LogP contribution in [0.5, 0.6) is 5.75 Å². The average molecular weight is 236 g/mol. The van der Waals surface area contributed by atoms with E-state index >= 15 is 0 Å². The molecule has 1 aromatic rings. The molecule has 0 unspecified atom stereocenters. The Bertz CT molecular complexity index is 361. The molecule has 0 spiro atoms. The highest BCUT2D eigenvalue weighted by atomic mass is 16.5. The molecule has 96 valence electrons. The van der Waals surface area contributed by atoms with Gasteiger partial charge in [-0.05, 0) is 50.7 Å². The zero-order valence-corrected chi connectivity index (χ0v) is 11.6. The van der Waals surface area contributed by atoms with Crippen molar-refractivity contribution in [1.82, 2.24) is 10.2 Å². The number of aryl methyl sites for hydroxylation is 2. The molecule has 17 heavy (non-hydrogen) atoms. The van der Waals surface area contributed by atoms with Gasteiger partial charge in [-0.2, -0.15) is 0 Å². The highest BCUT2D eigenvalue weighted by molar-refractivity contribution is 5.41. The maximum Gasteiger partial charge on any atom is 0.122 e. The van der Waals surface area contributed by atoms with E-state index < -0.39 is 0 Å². The molecule has 0 aliphatic carbocycles. The van der Waals surface area contributed by atoms with Crippen molar-refractivity contribution in [2.75, 3.05) is 34.3 Å². The van der Waals surface area contributed by atoms with E-state index in [9.17, 15) is 0 Å². The smallest absolute Gasteiger partial charge is 0.122 e. The number of likely N-dealkylation sites (N-methyl/N-ethyl adjacent to an activating group) is 1. The van der Waals surface area contributed by atoms with Crippen LogP contribution in [0.4, 0.5) is 0 Å². The summed E-state index contributed by atoms with van der Waals surface area (Å²) in [5.74, 6) is 0.972. The van der Waals surface area contributed by atoms with Gasteiger partial charge < -0.3 is 15.0 Å². The van der Waals surface area contributed by atoms with Crippen LogP contribution < -0.4 is 10.1 Å². The van der Waals surface area contributed by atoms with Gasteiger partial charge in [-0.25, -0.2) is 0 Å². The summed E-state index contributed by atoms with van der Waals surface area (Å²) < 4.78 is 5.31. The molecule has 0 aromatic heterocycles. The quantitative estimate of drug-likeness (QED) is 0.764. The summed E-state index contributed by atoms with van der Waals surface area (Å²) in [5, 5.41) is 3.46. The predicted octanol–water partition coefficient (Wildman–Crippen LogP) is 1.96. The Morgan fingerprint density at radius 2 is 1.88 bits per heavy atom. The third kappa shape index (κ3) is 4.36. The molecule has 0 saturated carbocycles. The van der Waals surface area contributed by atoms with Gasteiger partial charge in [0.2, 0.25) is 0 Å². The van der Waals surface area contributed by atoms with Gasteiger partial charge in [0.25, 0.3) is 0 Å². The van der Waals surface area contributed by atoms with Gasteiger partial charge in [-0.15, -0.1) is 0 Å². The molecule has 1 N–H and O–H groups in total. The van der Waals surface area contributed by atoms with Crippen LogP contribution in [0.1, 0.15) is 16.7 Å². The van der Waals surface area contributed by atoms with E-state index in [0.717, 1.165) is 25.4 Å². The zero-order valence-electron chi connectivity index (χ0n) is 11.6. The summed E-state index contributed by atoms with van der Waals surface area (Å²) in [5.41, 5.74) is 3.83. The third-order valence-corrected chi connectivity index (χ3v) is 2.90. The molecule has 0 amide bonds. The van der Waals surface area contributed by atoms with Crippen molar-refractivity contribution < 1.29 is 4.74 Å². The lowest BCUT2D eigenvalue weighted by atomic mass is 10.0. The van der Waals surface area contributed by atoms with Gasteiger partial charge >= 0.3 is 0 Å². The minimum atomic E-state index is 0.921. The minimum Gasteiger partial charge on any atom is -0.496 e. The Morgan fingerprint density at radius 1 is 1.18 bits per heavy atom. The van der Waals surface area contributed by atoms with Crippen LogP contribution in [0.25, 0.3) is 0 Å². The first-order valence-corrected chi connectivity index (χ1v) is 6.04. The lowest BCUT2D eigenvalue weighted by molar-refractivity contribution is 0.399. The molecule has 1 aromatic carbocycles. The van der Waals surface area contributed by atoms with Crippen LogP contribution in [0.2, 0.25) is 0 Å². The molecule has 0 fully saturated rings. The van der Waals surface area contributed by atoms with Crippen molar-refractivity contribution >= 4 is 0 Å². The van der Waals surface area contributed by atoms with E-state index in [0.29, 0.717) is 0 Å².